The summed E-state index contributed by atoms with van der Waals surface area (Å²) in [5.74, 6) is 0.910. The molecule has 3 rings (SSSR count). The van der Waals surface area contributed by atoms with Crippen LogP contribution in [0.5, 0.6) is 5.75 Å². The van der Waals surface area contributed by atoms with Crippen molar-refractivity contribution >= 4 is 28.3 Å². The molecule has 5 nitrogen and oxygen atoms in total. The summed E-state index contributed by atoms with van der Waals surface area (Å²) in [6, 6.07) is 20.4. The number of ether oxygens (including phenoxy) is 1. The van der Waals surface area contributed by atoms with Crippen molar-refractivity contribution in [1.82, 2.24) is 4.98 Å². The van der Waals surface area contributed by atoms with Gasteiger partial charge >= 0.3 is 10.5 Å². The number of benzene rings is 2. The van der Waals surface area contributed by atoms with Crippen molar-refractivity contribution in [1.29, 1.82) is 0 Å². The molecule has 26 heavy (non-hydrogen) atoms. The van der Waals surface area contributed by atoms with Crippen molar-refractivity contribution < 1.29 is 13.2 Å². The van der Waals surface area contributed by atoms with Gasteiger partial charge in [-0.2, -0.15) is 8.42 Å². The largest absolute Gasteiger partial charge is 0.497 e. The Balaban J connectivity index is 0.000000254. The topological polar surface area (TPSA) is 68.6 Å². The van der Waals surface area contributed by atoms with Crippen LogP contribution in [-0.4, -0.2) is 20.5 Å². The molecule has 3 aromatic rings. The quantitative estimate of drug-likeness (QED) is 0.674. The van der Waals surface area contributed by atoms with Crippen LogP contribution in [0.4, 0.5) is 5.69 Å². The maximum atomic E-state index is 10.6. The minimum Gasteiger partial charge on any atom is -0.497 e. The van der Waals surface area contributed by atoms with E-state index < -0.39 is 10.5 Å². The molecular formula is C20H18N2O3S. The first-order valence-corrected chi connectivity index (χ1v) is 8.79. The van der Waals surface area contributed by atoms with Crippen molar-refractivity contribution in [3.8, 4) is 5.75 Å². The zero-order valence-electron chi connectivity index (χ0n) is 14.2. The fourth-order valence-corrected chi connectivity index (χ4v) is 2.34. The van der Waals surface area contributed by atoms with E-state index in [0.29, 0.717) is 5.69 Å². The maximum absolute atomic E-state index is 10.6. The molecule has 0 aliphatic heterocycles. The first-order valence-electron chi connectivity index (χ1n) is 7.76. The van der Waals surface area contributed by atoms with E-state index in [-0.39, 0.29) is 0 Å². The molecule has 0 saturated carbocycles. The maximum Gasteiger partial charge on any atom is 0.316 e. The lowest BCUT2D eigenvalue weighted by molar-refractivity contribution is 0.415. The van der Waals surface area contributed by atoms with Crippen molar-refractivity contribution in [2.75, 3.05) is 7.11 Å². The second-order valence-electron chi connectivity index (χ2n) is 5.00. The molecule has 6 heteroatoms. The highest BCUT2D eigenvalue weighted by molar-refractivity contribution is 7.61. The highest BCUT2D eigenvalue weighted by Crippen LogP contribution is 2.20. The third kappa shape index (κ3) is 6.70. The van der Waals surface area contributed by atoms with Gasteiger partial charge in [-0.3, -0.25) is 4.98 Å². The number of para-hydroxylation sites is 1. The number of pyridine rings is 1. The van der Waals surface area contributed by atoms with E-state index in [2.05, 4.69) is 9.35 Å². The average molecular weight is 366 g/mol. The fraction of sp³-hybridized carbons (Fsp3) is 0.0500. The van der Waals surface area contributed by atoms with Crippen LogP contribution in [0.25, 0.3) is 12.2 Å². The van der Waals surface area contributed by atoms with Crippen LogP contribution in [0, 0.1) is 0 Å². The van der Waals surface area contributed by atoms with Gasteiger partial charge in [0.25, 0.3) is 0 Å². The van der Waals surface area contributed by atoms with E-state index in [1.807, 2.05) is 66.7 Å². The Morgan fingerprint density at radius 3 is 2.15 bits per heavy atom. The SMILES string of the molecule is COc1ccccc1.O=S(=O)=Nc1ccccc1C=Cc1ccncc1. The van der Waals surface area contributed by atoms with Gasteiger partial charge in [0.1, 0.15) is 5.75 Å². The number of methoxy groups -OCH3 is 1. The van der Waals surface area contributed by atoms with Gasteiger partial charge < -0.3 is 4.74 Å². The number of hydrogen-bond acceptors (Lipinski definition) is 5. The van der Waals surface area contributed by atoms with Gasteiger partial charge in [-0.1, -0.05) is 48.6 Å². The summed E-state index contributed by atoms with van der Waals surface area (Å²) in [5, 5.41) is 0. The molecule has 0 N–H and O–H groups in total. The molecule has 0 spiro atoms. The monoisotopic (exact) mass is 366 g/mol. The fourth-order valence-electron chi connectivity index (χ4n) is 2.01. The summed E-state index contributed by atoms with van der Waals surface area (Å²) >= 11 is 0. The van der Waals surface area contributed by atoms with E-state index in [1.54, 1.807) is 31.6 Å². The van der Waals surface area contributed by atoms with E-state index in [9.17, 15) is 8.42 Å². The molecule has 0 bridgehead atoms. The third-order valence-corrected chi connectivity index (χ3v) is 3.60. The van der Waals surface area contributed by atoms with E-state index in [4.69, 9.17) is 4.74 Å². The van der Waals surface area contributed by atoms with Crippen LogP contribution >= 0.6 is 0 Å². The van der Waals surface area contributed by atoms with Gasteiger partial charge in [-0.25, -0.2) is 0 Å². The lowest BCUT2D eigenvalue weighted by atomic mass is 10.1. The summed E-state index contributed by atoms with van der Waals surface area (Å²) in [7, 11) is -0.782. The molecule has 0 aliphatic carbocycles. The van der Waals surface area contributed by atoms with Crippen LogP contribution in [0.3, 0.4) is 0 Å². The number of rotatable bonds is 4. The van der Waals surface area contributed by atoms with E-state index in [1.165, 1.54) is 0 Å². The Hall–Kier alpha value is -3.25. The predicted octanol–water partition coefficient (Wildman–Crippen LogP) is 4.64. The van der Waals surface area contributed by atoms with E-state index in [0.717, 1.165) is 16.9 Å². The molecule has 0 amide bonds. The van der Waals surface area contributed by atoms with Crippen LogP contribution in [0.1, 0.15) is 11.1 Å². The molecule has 2 aromatic carbocycles. The molecule has 0 unspecified atom stereocenters. The summed E-state index contributed by atoms with van der Waals surface area (Å²) < 4.78 is 29.6. The van der Waals surface area contributed by atoms with Gasteiger partial charge in [0.05, 0.1) is 12.8 Å². The minimum atomic E-state index is -2.44. The molecule has 0 radical (unpaired) electrons. The second-order valence-corrected chi connectivity index (χ2v) is 5.62. The lowest BCUT2D eigenvalue weighted by Crippen LogP contribution is -1.78. The standard InChI is InChI=1S/C13H10N2O2S.C7H8O/c16-18(17)15-13-4-2-1-3-12(13)6-5-11-7-9-14-10-8-11;1-8-7-5-3-2-4-6-7/h1-10H;2-6H,1H3. The number of aromatic nitrogens is 1. The van der Waals surface area contributed by atoms with Crippen molar-refractivity contribution in [3.63, 3.8) is 0 Å². The van der Waals surface area contributed by atoms with Gasteiger partial charge in [-0.05, 0) is 35.9 Å². The first-order chi connectivity index (χ1) is 12.7. The van der Waals surface area contributed by atoms with E-state index >= 15 is 0 Å². The van der Waals surface area contributed by atoms with Crippen LogP contribution in [0.2, 0.25) is 0 Å². The Morgan fingerprint density at radius 2 is 1.54 bits per heavy atom. The predicted molar refractivity (Wildman–Crippen MR) is 104 cm³/mol. The smallest absolute Gasteiger partial charge is 0.316 e. The normalized spacial score (nSPS) is 9.88. The molecule has 0 atom stereocenters. The summed E-state index contributed by atoms with van der Waals surface area (Å²) in [5.41, 5.74) is 2.16. The van der Waals surface area contributed by atoms with Gasteiger partial charge in [0, 0.05) is 18.0 Å². The summed E-state index contributed by atoms with van der Waals surface area (Å²) in [6.45, 7) is 0. The van der Waals surface area contributed by atoms with Gasteiger partial charge in [0.2, 0.25) is 0 Å². The minimum absolute atomic E-state index is 0.427. The van der Waals surface area contributed by atoms with Crippen LogP contribution in [-0.2, 0) is 10.5 Å². The first kappa shape index (κ1) is 19.1. The number of hydrogen-bond donors (Lipinski definition) is 0. The summed E-state index contributed by atoms with van der Waals surface area (Å²) in [4.78, 5) is 3.92. The zero-order valence-corrected chi connectivity index (χ0v) is 15.0. The summed E-state index contributed by atoms with van der Waals surface area (Å²) in [6.07, 6.45) is 7.09. The van der Waals surface area contributed by atoms with Crippen molar-refractivity contribution in [2.45, 2.75) is 0 Å². The molecular weight excluding hydrogens is 348 g/mol. The molecule has 0 saturated heterocycles. The zero-order chi connectivity index (χ0) is 18.6. The molecule has 0 fully saturated rings. The second kappa shape index (κ2) is 10.6. The van der Waals surface area contributed by atoms with Gasteiger partial charge in [0.15, 0.2) is 0 Å². The van der Waals surface area contributed by atoms with Crippen molar-refractivity contribution in [2.24, 2.45) is 4.36 Å². The molecule has 1 aromatic heterocycles. The average Bonchev–Trinajstić information content (AvgIpc) is 2.69. The Labute approximate surface area is 154 Å². The van der Waals surface area contributed by atoms with Crippen molar-refractivity contribution in [3.05, 3.63) is 90.3 Å². The molecule has 132 valence electrons. The highest BCUT2D eigenvalue weighted by atomic mass is 32.2. The Morgan fingerprint density at radius 1 is 0.885 bits per heavy atom. The Kier molecular flexibility index (Phi) is 7.76. The Bertz CT molecular complexity index is 962. The third-order valence-electron chi connectivity index (χ3n) is 3.25. The van der Waals surface area contributed by atoms with Gasteiger partial charge in [-0.15, -0.1) is 4.36 Å². The van der Waals surface area contributed by atoms with Crippen LogP contribution in [0.15, 0.2) is 83.5 Å². The lowest BCUT2D eigenvalue weighted by Gasteiger charge is -1.97. The highest BCUT2D eigenvalue weighted by Gasteiger charge is 1.96. The van der Waals surface area contributed by atoms with Crippen LogP contribution < -0.4 is 4.74 Å². The molecule has 1 heterocycles. The molecule has 0 aliphatic rings. The number of nitrogens with zero attached hydrogens (tertiary/aromatic N) is 2.